The average Bonchev–Trinajstić information content (AvgIpc) is 3.12. The number of amides is 2. The van der Waals surface area contributed by atoms with Crippen molar-refractivity contribution in [2.24, 2.45) is 0 Å². The molecule has 8 heteroatoms. The maximum atomic E-state index is 14.6. The zero-order valence-electron chi connectivity index (χ0n) is 23.9. The monoisotopic (exact) mass is 566 g/mol. The normalized spacial score (nSPS) is 15.9. The van der Waals surface area contributed by atoms with Crippen LogP contribution in [-0.2, 0) is 26.1 Å². The number of benzene rings is 4. The highest BCUT2D eigenvalue weighted by molar-refractivity contribution is 5.75. The van der Waals surface area contributed by atoms with Crippen molar-refractivity contribution >= 4 is 6.03 Å². The van der Waals surface area contributed by atoms with E-state index in [1.807, 2.05) is 47.4 Å². The maximum Gasteiger partial charge on any atom is 0.335 e. The summed E-state index contributed by atoms with van der Waals surface area (Å²) < 4.78 is 10.7. The molecule has 0 spiro atoms. The standard InChI is InChI=1S/C34H36N3O5/c1-41-32-20-27(13-15-30(32)38)23-36-29(19-25-9-5-3-6-10-25)17-18-35(22-26-11-7-4-8-12-26)37(34(36)40)24-28-14-16-31(39)33(21-28)42-2/h3-17,20-21,29,38-39H,18-19,22-24H2,1-2H3/t29-/m0/s1. The highest BCUT2D eigenvalue weighted by Gasteiger charge is 2.36. The van der Waals surface area contributed by atoms with E-state index in [0.717, 1.165) is 22.3 Å². The van der Waals surface area contributed by atoms with Gasteiger partial charge in [0.25, 0.3) is 0 Å². The van der Waals surface area contributed by atoms with Crippen molar-refractivity contribution in [1.82, 2.24) is 14.9 Å². The smallest absolute Gasteiger partial charge is 0.335 e. The van der Waals surface area contributed by atoms with Crippen molar-refractivity contribution in [2.75, 3.05) is 20.8 Å². The van der Waals surface area contributed by atoms with E-state index in [0.29, 0.717) is 37.6 Å². The quantitative estimate of drug-likeness (QED) is 0.253. The van der Waals surface area contributed by atoms with E-state index in [9.17, 15) is 15.0 Å². The van der Waals surface area contributed by atoms with E-state index in [4.69, 9.17) is 9.47 Å². The Bertz CT molecular complexity index is 1370. The second-order valence-corrected chi connectivity index (χ2v) is 10.3. The fraction of sp³-hybridized carbons (Fsp3) is 0.235. The van der Waals surface area contributed by atoms with Crippen LogP contribution < -0.4 is 9.47 Å². The van der Waals surface area contributed by atoms with Crippen LogP contribution in [0.1, 0.15) is 22.3 Å². The summed E-state index contributed by atoms with van der Waals surface area (Å²) in [6.07, 6.45) is 2.85. The fourth-order valence-corrected chi connectivity index (χ4v) is 5.24. The summed E-state index contributed by atoms with van der Waals surface area (Å²) in [7, 11) is 3.02. The van der Waals surface area contributed by atoms with Gasteiger partial charge in [-0.3, -0.25) is 5.01 Å². The minimum atomic E-state index is -0.197. The van der Waals surface area contributed by atoms with E-state index in [1.54, 1.807) is 35.3 Å². The predicted octanol–water partition coefficient (Wildman–Crippen LogP) is 5.79. The molecule has 1 aliphatic heterocycles. The molecule has 2 N–H and O–H groups in total. The zero-order chi connectivity index (χ0) is 29.5. The van der Waals surface area contributed by atoms with Gasteiger partial charge in [0, 0.05) is 32.1 Å². The Hall–Kier alpha value is -4.69. The number of nitrogens with zero attached hydrogens (tertiary/aromatic N) is 3. The van der Waals surface area contributed by atoms with Gasteiger partial charge in [0.2, 0.25) is 0 Å². The van der Waals surface area contributed by atoms with Crippen molar-refractivity contribution < 1.29 is 24.5 Å². The largest absolute Gasteiger partial charge is 0.504 e. The van der Waals surface area contributed by atoms with Crippen LogP contribution in [0.3, 0.4) is 0 Å². The van der Waals surface area contributed by atoms with Crippen molar-refractivity contribution in [1.29, 1.82) is 0 Å². The molecule has 1 atom stereocenters. The van der Waals surface area contributed by atoms with E-state index in [2.05, 4.69) is 35.7 Å². The Labute approximate surface area is 246 Å². The van der Waals surface area contributed by atoms with Gasteiger partial charge in [0.15, 0.2) is 23.0 Å². The number of carbonyl (C=O) groups is 1. The number of urea groups is 1. The third kappa shape index (κ3) is 6.78. The Balaban J connectivity index is 1.53. The van der Waals surface area contributed by atoms with Crippen molar-refractivity contribution in [3.05, 3.63) is 126 Å². The third-order valence-electron chi connectivity index (χ3n) is 7.47. The summed E-state index contributed by atoms with van der Waals surface area (Å²) >= 11 is 0. The molecule has 1 heterocycles. The molecule has 5 rings (SSSR count). The summed E-state index contributed by atoms with van der Waals surface area (Å²) in [6.45, 7) is 1.68. The molecule has 0 unspecified atom stereocenters. The number of ether oxygens (including phenoxy) is 2. The van der Waals surface area contributed by atoms with Gasteiger partial charge < -0.3 is 24.6 Å². The molecule has 4 aromatic carbocycles. The first-order valence-electron chi connectivity index (χ1n) is 13.9. The first-order chi connectivity index (χ1) is 20.4. The molecule has 8 nitrogen and oxygen atoms in total. The summed E-state index contributed by atoms with van der Waals surface area (Å²) in [4.78, 5) is 16.5. The molecular formula is C34H36N3O5. The number of aromatic hydroxyl groups is 2. The number of hydrazine groups is 1. The predicted molar refractivity (Wildman–Crippen MR) is 161 cm³/mol. The van der Waals surface area contributed by atoms with Gasteiger partial charge in [-0.05, 0) is 52.9 Å². The van der Waals surface area contributed by atoms with E-state index in [1.165, 1.54) is 14.2 Å². The minimum absolute atomic E-state index is 0.0451. The van der Waals surface area contributed by atoms with Crippen LogP contribution in [0.5, 0.6) is 23.0 Å². The number of rotatable bonds is 10. The van der Waals surface area contributed by atoms with Gasteiger partial charge in [-0.15, -0.1) is 0 Å². The lowest BCUT2D eigenvalue weighted by molar-refractivity contribution is 0.000238. The van der Waals surface area contributed by atoms with Crippen LogP contribution in [0.25, 0.3) is 0 Å². The number of carbonyl (C=O) groups excluding carboxylic acids is 1. The SMILES string of the molecule is COc1cc(CN2C(=O)N(Cc3ccc(O)c(OC)c3)N(Cc3ccccc3)C[CH][C@H]2Cc2ccccc2)ccc1O. The molecule has 0 bridgehead atoms. The summed E-state index contributed by atoms with van der Waals surface area (Å²) in [5.41, 5.74) is 3.88. The van der Waals surface area contributed by atoms with Crippen LogP contribution in [0.15, 0.2) is 97.1 Å². The molecule has 0 aliphatic carbocycles. The van der Waals surface area contributed by atoms with Gasteiger partial charge in [0.1, 0.15) is 0 Å². The van der Waals surface area contributed by atoms with Crippen LogP contribution in [0.2, 0.25) is 0 Å². The van der Waals surface area contributed by atoms with Crippen LogP contribution in [0, 0.1) is 6.42 Å². The van der Waals surface area contributed by atoms with Gasteiger partial charge >= 0.3 is 6.03 Å². The van der Waals surface area contributed by atoms with Gasteiger partial charge in [-0.2, -0.15) is 0 Å². The van der Waals surface area contributed by atoms with Crippen molar-refractivity contribution in [3.8, 4) is 23.0 Å². The first-order valence-corrected chi connectivity index (χ1v) is 13.9. The van der Waals surface area contributed by atoms with Gasteiger partial charge in [0.05, 0.1) is 20.8 Å². The Morgan fingerprint density at radius 2 is 1.24 bits per heavy atom. The highest BCUT2D eigenvalue weighted by atomic mass is 16.5. The molecule has 2 amide bonds. The average molecular weight is 567 g/mol. The second-order valence-electron chi connectivity index (χ2n) is 10.3. The van der Waals surface area contributed by atoms with E-state index >= 15 is 0 Å². The van der Waals surface area contributed by atoms with Crippen molar-refractivity contribution in [2.45, 2.75) is 32.1 Å². The van der Waals surface area contributed by atoms with Crippen LogP contribution >= 0.6 is 0 Å². The number of hydrogen-bond acceptors (Lipinski definition) is 6. The molecule has 1 saturated heterocycles. The first kappa shape index (κ1) is 28.8. The van der Waals surface area contributed by atoms with E-state index in [-0.39, 0.29) is 30.1 Å². The number of phenols is 2. The lowest BCUT2D eigenvalue weighted by Crippen LogP contribution is -2.50. The third-order valence-corrected chi connectivity index (χ3v) is 7.47. The molecule has 0 aromatic heterocycles. The highest BCUT2D eigenvalue weighted by Crippen LogP contribution is 2.31. The topological polar surface area (TPSA) is 85.7 Å². The lowest BCUT2D eigenvalue weighted by Gasteiger charge is -2.36. The van der Waals surface area contributed by atoms with Gasteiger partial charge in [-0.25, -0.2) is 9.80 Å². The molecule has 0 saturated carbocycles. The second kappa shape index (κ2) is 13.3. The Morgan fingerprint density at radius 1 is 0.690 bits per heavy atom. The molecule has 1 fully saturated rings. The summed E-state index contributed by atoms with van der Waals surface area (Å²) in [5, 5.41) is 24.2. The minimum Gasteiger partial charge on any atom is -0.504 e. The van der Waals surface area contributed by atoms with Crippen LogP contribution in [-0.4, -0.2) is 58.0 Å². The number of methoxy groups -OCH3 is 2. The number of hydrogen-bond donors (Lipinski definition) is 2. The fourth-order valence-electron chi connectivity index (χ4n) is 5.24. The Kier molecular flexibility index (Phi) is 9.14. The summed E-state index contributed by atoms with van der Waals surface area (Å²) in [6, 6.07) is 30.2. The molecule has 42 heavy (non-hydrogen) atoms. The molecular weight excluding hydrogens is 530 g/mol. The molecule has 217 valence electrons. The number of phenolic OH excluding ortho intramolecular Hbond substituents is 2. The zero-order valence-corrected chi connectivity index (χ0v) is 23.9. The van der Waals surface area contributed by atoms with E-state index < -0.39 is 0 Å². The Morgan fingerprint density at radius 3 is 1.81 bits per heavy atom. The summed E-state index contributed by atoms with van der Waals surface area (Å²) in [5.74, 6) is 0.805. The molecule has 1 radical (unpaired) electrons. The van der Waals surface area contributed by atoms with Crippen LogP contribution in [0.4, 0.5) is 4.79 Å². The van der Waals surface area contributed by atoms with Crippen molar-refractivity contribution in [3.63, 3.8) is 0 Å². The molecule has 4 aromatic rings. The molecule has 1 aliphatic rings. The van der Waals surface area contributed by atoms with Gasteiger partial charge in [-0.1, -0.05) is 72.8 Å². The lowest BCUT2D eigenvalue weighted by atomic mass is 10.0. The maximum absolute atomic E-state index is 14.6.